The van der Waals surface area contributed by atoms with E-state index < -0.39 is 28.3 Å². The summed E-state index contributed by atoms with van der Waals surface area (Å²) in [6, 6.07) is 8.88. The zero-order valence-electron chi connectivity index (χ0n) is 14.0. The van der Waals surface area contributed by atoms with Crippen molar-refractivity contribution >= 4 is 27.4 Å². The lowest BCUT2D eigenvalue weighted by molar-refractivity contribution is -0.115. The van der Waals surface area contributed by atoms with Gasteiger partial charge < -0.3 is 15.2 Å². The van der Waals surface area contributed by atoms with E-state index in [1.807, 2.05) is 0 Å². The summed E-state index contributed by atoms with van der Waals surface area (Å²) in [5, 5.41) is 11.5. The first-order valence-corrected chi connectivity index (χ1v) is 9.36. The number of carbonyl (C=O) groups excluding carboxylic acids is 1. The van der Waals surface area contributed by atoms with E-state index in [2.05, 4.69) is 10.1 Å². The lowest BCUT2D eigenvalue weighted by Gasteiger charge is -2.12. The maximum atomic E-state index is 12.4. The highest BCUT2D eigenvalue weighted by Crippen LogP contribution is 2.23. The van der Waals surface area contributed by atoms with Gasteiger partial charge in [0.1, 0.15) is 5.75 Å². The first kappa shape index (κ1) is 20.3. The summed E-state index contributed by atoms with van der Waals surface area (Å²) in [5.41, 5.74) is -0.185. The Balaban J connectivity index is 2.26. The monoisotopic (exact) mass is 399 g/mol. The number of carboxylic acid groups (broad SMARTS) is 1. The molecule has 0 aliphatic carbocycles. The fourth-order valence-electron chi connectivity index (χ4n) is 2.25. The highest BCUT2D eigenvalue weighted by atomic mass is 32.2. The van der Waals surface area contributed by atoms with Crippen molar-refractivity contribution in [2.45, 2.75) is 17.9 Å². The van der Waals surface area contributed by atoms with Gasteiger partial charge in [-0.2, -0.15) is 8.78 Å². The molecule has 0 aromatic heterocycles. The molecule has 144 valence electrons. The average molecular weight is 399 g/mol. The number of aromatic carboxylic acids is 1. The molecule has 0 aliphatic rings. The topological polar surface area (TPSA) is 110 Å². The van der Waals surface area contributed by atoms with E-state index in [9.17, 15) is 26.8 Å². The quantitative estimate of drug-likeness (QED) is 0.741. The van der Waals surface area contributed by atoms with Gasteiger partial charge in [-0.15, -0.1) is 0 Å². The normalized spacial score (nSPS) is 11.3. The standard InChI is InChI=1S/C17H15F2NO6S/c1-27(24,25)13-7-11(16(22)23)6-12(9-13)20-15(21)8-10-4-2-3-5-14(10)26-17(18)19/h2-7,9,17H,8H2,1H3,(H,20,21)(H,22,23). The van der Waals surface area contributed by atoms with Gasteiger partial charge in [0.25, 0.3) is 0 Å². The molecular formula is C17H15F2NO6S. The number of nitrogens with one attached hydrogen (secondary N) is 1. The fourth-order valence-corrected chi connectivity index (χ4v) is 2.93. The number of carboxylic acids is 1. The zero-order chi connectivity index (χ0) is 20.2. The number of sulfone groups is 1. The van der Waals surface area contributed by atoms with Crippen molar-refractivity contribution in [2.75, 3.05) is 11.6 Å². The Morgan fingerprint density at radius 1 is 1.19 bits per heavy atom. The molecule has 0 atom stereocenters. The molecule has 0 heterocycles. The van der Waals surface area contributed by atoms with Gasteiger partial charge in [-0.1, -0.05) is 18.2 Å². The number of alkyl halides is 2. The minimum atomic E-state index is -3.71. The third-order valence-electron chi connectivity index (χ3n) is 3.41. The highest BCUT2D eigenvalue weighted by Gasteiger charge is 2.16. The number of hydrogen-bond donors (Lipinski definition) is 2. The number of halogens is 2. The van der Waals surface area contributed by atoms with Crippen LogP contribution in [0.2, 0.25) is 0 Å². The number of hydrogen-bond acceptors (Lipinski definition) is 5. The first-order chi connectivity index (χ1) is 12.6. The van der Waals surface area contributed by atoms with Crippen molar-refractivity contribution in [1.82, 2.24) is 0 Å². The van der Waals surface area contributed by atoms with E-state index >= 15 is 0 Å². The summed E-state index contributed by atoms with van der Waals surface area (Å²) in [4.78, 5) is 23.1. The third kappa shape index (κ3) is 5.74. The molecule has 1 amide bonds. The minimum absolute atomic E-state index is 0.0485. The van der Waals surface area contributed by atoms with E-state index in [0.717, 1.165) is 24.5 Å². The predicted molar refractivity (Wildman–Crippen MR) is 91.9 cm³/mol. The van der Waals surface area contributed by atoms with Gasteiger partial charge in [0.2, 0.25) is 5.91 Å². The summed E-state index contributed by atoms with van der Waals surface area (Å²) in [7, 11) is -3.71. The summed E-state index contributed by atoms with van der Waals surface area (Å²) < 4.78 is 52.6. The molecular weight excluding hydrogens is 384 g/mol. The van der Waals surface area contributed by atoms with Crippen molar-refractivity contribution in [3.63, 3.8) is 0 Å². The van der Waals surface area contributed by atoms with Crippen LogP contribution >= 0.6 is 0 Å². The average Bonchev–Trinajstić information content (AvgIpc) is 2.55. The largest absolute Gasteiger partial charge is 0.478 e. The van der Waals surface area contributed by atoms with Crippen LogP contribution in [0.25, 0.3) is 0 Å². The van der Waals surface area contributed by atoms with Crippen LogP contribution in [0.3, 0.4) is 0 Å². The maximum absolute atomic E-state index is 12.4. The van der Waals surface area contributed by atoms with Crippen LogP contribution < -0.4 is 10.1 Å². The van der Waals surface area contributed by atoms with Gasteiger partial charge in [-0.3, -0.25) is 4.79 Å². The van der Waals surface area contributed by atoms with Gasteiger partial charge in [-0.25, -0.2) is 13.2 Å². The second-order valence-corrected chi connectivity index (χ2v) is 7.55. The molecule has 0 radical (unpaired) electrons. The van der Waals surface area contributed by atoms with Crippen molar-refractivity contribution < 1.29 is 36.6 Å². The lowest BCUT2D eigenvalue weighted by atomic mass is 10.1. The predicted octanol–water partition coefficient (Wildman–Crippen LogP) is 2.57. The first-order valence-electron chi connectivity index (χ1n) is 7.47. The molecule has 0 fully saturated rings. The zero-order valence-corrected chi connectivity index (χ0v) is 14.8. The second kappa shape index (κ2) is 8.12. The van der Waals surface area contributed by atoms with Gasteiger partial charge in [-0.05, 0) is 24.3 Å². The van der Waals surface area contributed by atoms with E-state index in [1.165, 1.54) is 24.3 Å². The summed E-state index contributed by atoms with van der Waals surface area (Å²) in [5.74, 6) is -2.20. The van der Waals surface area contributed by atoms with Gasteiger partial charge >= 0.3 is 12.6 Å². The van der Waals surface area contributed by atoms with Crippen LogP contribution in [0.5, 0.6) is 5.75 Å². The number of amides is 1. The van der Waals surface area contributed by atoms with Crippen molar-refractivity contribution in [1.29, 1.82) is 0 Å². The number of carbonyl (C=O) groups is 2. The highest BCUT2D eigenvalue weighted by molar-refractivity contribution is 7.90. The van der Waals surface area contributed by atoms with Gasteiger partial charge in [0.05, 0.1) is 16.9 Å². The molecule has 0 saturated heterocycles. The Hall–Kier alpha value is -3.01. The lowest BCUT2D eigenvalue weighted by Crippen LogP contribution is -2.16. The Bertz CT molecular complexity index is 975. The van der Waals surface area contributed by atoms with Crippen molar-refractivity contribution in [3.05, 3.63) is 53.6 Å². The molecule has 7 nitrogen and oxygen atoms in total. The second-order valence-electron chi connectivity index (χ2n) is 5.53. The summed E-state index contributed by atoms with van der Waals surface area (Å²) in [6.45, 7) is -3.06. The Labute approximate surface area is 153 Å². The number of benzene rings is 2. The van der Waals surface area contributed by atoms with Crippen LogP contribution in [0.4, 0.5) is 14.5 Å². The maximum Gasteiger partial charge on any atom is 0.387 e. The van der Waals surface area contributed by atoms with Crippen LogP contribution in [0.1, 0.15) is 15.9 Å². The Morgan fingerprint density at radius 3 is 2.44 bits per heavy atom. The van der Waals surface area contributed by atoms with Crippen LogP contribution in [-0.2, 0) is 21.1 Å². The minimum Gasteiger partial charge on any atom is -0.478 e. The molecule has 0 aliphatic heterocycles. The molecule has 2 N–H and O–H groups in total. The summed E-state index contributed by atoms with van der Waals surface area (Å²) >= 11 is 0. The fraction of sp³-hybridized carbons (Fsp3) is 0.176. The van der Waals surface area contributed by atoms with Crippen LogP contribution in [0.15, 0.2) is 47.4 Å². The van der Waals surface area contributed by atoms with E-state index in [-0.39, 0.29) is 33.9 Å². The molecule has 10 heteroatoms. The molecule has 0 saturated carbocycles. The number of anilines is 1. The number of rotatable bonds is 7. The van der Waals surface area contributed by atoms with E-state index in [1.54, 1.807) is 0 Å². The summed E-state index contributed by atoms with van der Waals surface area (Å²) in [6.07, 6.45) is 0.561. The molecule has 0 bridgehead atoms. The van der Waals surface area contributed by atoms with Crippen molar-refractivity contribution in [2.24, 2.45) is 0 Å². The number of para-hydroxylation sites is 1. The Morgan fingerprint density at radius 2 is 1.85 bits per heavy atom. The van der Waals surface area contributed by atoms with Crippen LogP contribution in [0, 0.1) is 0 Å². The van der Waals surface area contributed by atoms with Crippen molar-refractivity contribution in [3.8, 4) is 5.75 Å². The third-order valence-corrected chi connectivity index (χ3v) is 4.50. The molecule has 2 aromatic rings. The molecule has 2 aromatic carbocycles. The molecule has 2 rings (SSSR count). The SMILES string of the molecule is CS(=O)(=O)c1cc(NC(=O)Cc2ccccc2OC(F)F)cc(C(=O)O)c1. The van der Waals surface area contributed by atoms with Gasteiger partial charge in [0, 0.05) is 17.5 Å². The molecule has 27 heavy (non-hydrogen) atoms. The van der Waals surface area contributed by atoms with E-state index in [4.69, 9.17) is 5.11 Å². The van der Waals surface area contributed by atoms with Crippen LogP contribution in [-0.4, -0.2) is 38.3 Å². The Kier molecular flexibility index (Phi) is 6.11. The number of ether oxygens (including phenoxy) is 1. The molecule has 0 spiro atoms. The smallest absolute Gasteiger partial charge is 0.387 e. The van der Waals surface area contributed by atoms with E-state index in [0.29, 0.717) is 0 Å². The molecule has 0 unspecified atom stereocenters. The van der Waals surface area contributed by atoms with Gasteiger partial charge in [0.15, 0.2) is 9.84 Å².